The van der Waals surface area contributed by atoms with Crippen molar-refractivity contribution in [1.29, 1.82) is 0 Å². The number of hydrogen-bond acceptors (Lipinski definition) is 3. The molecule has 3 rings (SSSR count). The molecule has 0 unspecified atom stereocenters. The van der Waals surface area contributed by atoms with Gasteiger partial charge in [0.25, 0.3) is 0 Å². The summed E-state index contributed by atoms with van der Waals surface area (Å²) in [5.74, 6) is 0. The summed E-state index contributed by atoms with van der Waals surface area (Å²) >= 11 is 0. The molecule has 5 nitrogen and oxygen atoms in total. The highest BCUT2D eigenvalue weighted by Crippen LogP contribution is 2.27. The highest BCUT2D eigenvalue weighted by atomic mass is 15.3. The second-order valence-corrected chi connectivity index (χ2v) is 4.71. The van der Waals surface area contributed by atoms with Crippen LogP contribution in [0.3, 0.4) is 0 Å². The van der Waals surface area contributed by atoms with Crippen LogP contribution in [-0.4, -0.2) is 26.8 Å². The lowest BCUT2D eigenvalue weighted by Crippen LogP contribution is -2.06. The fourth-order valence-corrected chi connectivity index (χ4v) is 2.51. The van der Waals surface area contributed by atoms with Crippen molar-refractivity contribution in [2.24, 2.45) is 7.05 Å². The normalized spacial score (nSPS) is 11.3. The molecule has 0 bridgehead atoms. The number of H-pyrrole nitrogens is 1. The molecule has 5 heteroatoms. The van der Waals surface area contributed by atoms with Crippen molar-refractivity contribution in [1.82, 2.24) is 25.1 Å². The summed E-state index contributed by atoms with van der Waals surface area (Å²) in [6.07, 6.45) is 1.72. The summed E-state index contributed by atoms with van der Waals surface area (Å²) in [5.41, 5.74) is 6.65. The number of aryl methyl sites for hydroxylation is 1. The Morgan fingerprint density at radius 1 is 1.37 bits per heavy atom. The van der Waals surface area contributed by atoms with Crippen LogP contribution < -0.4 is 5.32 Å². The Morgan fingerprint density at radius 3 is 3.00 bits per heavy atom. The van der Waals surface area contributed by atoms with E-state index in [0.717, 1.165) is 34.5 Å². The van der Waals surface area contributed by atoms with E-state index in [1.54, 1.807) is 6.33 Å². The molecule has 19 heavy (non-hydrogen) atoms. The maximum Gasteiger partial charge on any atom is 0.0931 e. The Labute approximate surface area is 111 Å². The Balaban J connectivity index is 2.14. The zero-order chi connectivity index (χ0) is 13.4. The molecule has 2 heterocycles. The monoisotopic (exact) mass is 255 g/mol. The summed E-state index contributed by atoms with van der Waals surface area (Å²) in [6.45, 7) is 2.90. The van der Waals surface area contributed by atoms with E-state index in [1.807, 2.05) is 24.8 Å². The van der Waals surface area contributed by atoms with E-state index in [2.05, 4.69) is 39.4 Å². The maximum absolute atomic E-state index is 4.57. The average Bonchev–Trinajstić information content (AvgIpc) is 2.95. The summed E-state index contributed by atoms with van der Waals surface area (Å²) in [5, 5.41) is 7.72. The van der Waals surface area contributed by atoms with E-state index in [1.165, 1.54) is 5.56 Å². The Morgan fingerprint density at radius 2 is 2.21 bits per heavy atom. The van der Waals surface area contributed by atoms with Crippen LogP contribution >= 0.6 is 0 Å². The van der Waals surface area contributed by atoms with Crippen LogP contribution in [0.2, 0.25) is 0 Å². The van der Waals surface area contributed by atoms with Gasteiger partial charge in [0.1, 0.15) is 0 Å². The summed E-state index contributed by atoms with van der Waals surface area (Å²) < 4.78 is 1.94. The van der Waals surface area contributed by atoms with Crippen LogP contribution in [0.25, 0.3) is 22.3 Å². The van der Waals surface area contributed by atoms with Crippen molar-refractivity contribution in [3.63, 3.8) is 0 Å². The lowest BCUT2D eigenvalue weighted by molar-refractivity contribution is 0.715. The molecular weight excluding hydrogens is 238 g/mol. The Bertz CT molecular complexity index is 723. The van der Waals surface area contributed by atoms with Gasteiger partial charge in [0.2, 0.25) is 0 Å². The van der Waals surface area contributed by atoms with Crippen LogP contribution in [0.4, 0.5) is 0 Å². The molecule has 0 aliphatic heterocycles. The molecule has 98 valence electrons. The molecule has 0 saturated carbocycles. The number of fused-ring (bicyclic) bond motifs is 1. The third kappa shape index (κ3) is 1.92. The van der Waals surface area contributed by atoms with Crippen molar-refractivity contribution in [2.45, 2.75) is 13.5 Å². The Kier molecular flexibility index (Phi) is 2.83. The molecule has 0 aliphatic carbocycles. The number of hydrogen-bond donors (Lipinski definition) is 2. The molecule has 1 aromatic carbocycles. The fourth-order valence-electron chi connectivity index (χ4n) is 2.51. The van der Waals surface area contributed by atoms with Gasteiger partial charge in [0.15, 0.2) is 0 Å². The number of aromatic nitrogens is 4. The standard InChI is InChI=1S/C14H17N5/c1-9-13(7-15-2)18-19(3)14(9)10-4-5-11-12(6-10)17-8-16-11/h4-6,8,15H,7H2,1-3H3,(H,16,17). The van der Waals surface area contributed by atoms with Gasteiger partial charge in [-0.05, 0) is 31.7 Å². The predicted octanol–water partition coefficient (Wildman–Crippen LogP) is 1.99. The van der Waals surface area contributed by atoms with Crippen molar-refractivity contribution >= 4 is 11.0 Å². The van der Waals surface area contributed by atoms with Gasteiger partial charge in [0, 0.05) is 19.2 Å². The second kappa shape index (κ2) is 4.51. The van der Waals surface area contributed by atoms with E-state index in [0.29, 0.717) is 0 Å². The first-order valence-corrected chi connectivity index (χ1v) is 6.31. The van der Waals surface area contributed by atoms with E-state index in [9.17, 15) is 0 Å². The zero-order valence-corrected chi connectivity index (χ0v) is 11.4. The molecule has 0 radical (unpaired) electrons. The van der Waals surface area contributed by atoms with E-state index in [4.69, 9.17) is 0 Å². The number of benzene rings is 1. The van der Waals surface area contributed by atoms with Crippen molar-refractivity contribution in [2.75, 3.05) is 7.05 Å². The SMILES string of the molecule is CNCc1nn(C)c(-c2ccc3nc[nH]c3c2)c1C. The molecule has 0 atom stereocenters. The van der Waals surface area contributed by atoms with E-state index < -0.39 is 0 Å². The molecule has 0 saturated heterocycles. The van der Waals surface area contributed by atoms with Crippen LogP contribution in [-0.2, 0) is 13.6 Å². The van der Waals surface area contributed by atoms with Gasteiger partial charge in [-0.1, -0.05) is 6.07 Å². The first-order valence-electron chi connectivity index (χ1n) is 6.31. The van der Waals surface area contributed by atoms with Crippen LogP contribution in [0, 0.1) is 6.92 Å². The van der Waals surface area contributed by atoms with Gasteiger partial charge in [0.05, 0.1) is 28.7 Å². The van der Waals surface area contributed by atoms with E-state index >= 15 is 0 Å². The highest BCUT2D eigenvalue weighted by molar-refractivity contribution is 5.81. The van der Waals surface area contributed by atoms with Crippen LogP contribution in [0.1, 0.15) is 11.3 Å². The third-order valence-corrected chi connectivity index (χ3v) is 3.42. The smallest absolute Gasteiger partial charge is 0.0931 e. The lowest BCUT2D eigenvalue weighted by atomic mass is 10.1. The van der Waals surface area contributed by atoms with Gasteiger partial charge in [-0.15, -0.1) is 0 Å². The van der Waals surface area contributed by atoms with Crippen LogP contribution in [0.15, 0.2) is 24.5 Å². The molecule has 0 fully saturated rings. The van der Waals surface area contributed by atoms with Gasteiger partial charge in [-0.25, -0.2) is 4.98 Å². The van der Waals surface area contributed by atoms with Crippen LogP contribution in [0.5, 0.6) is 0 Å². The topological polar surface area (TPSA) is 58.5 Å². The number of nitrogens with zero attached hydrogens (tertiary/aromatic N) is 3. The molecule has 0 aliphatic rings. The summed E-state index contributed by atoms with van der Waals surface area (Å²) in [7, 11) is 3.92. The second-order valence-electron chi connectivity index (χ2n) is 4.71. The highest BCUT2D eigenvalue weighted by Gasteiger charge is 2.14. The Hall–Kier alpha value is -2.14. The fraction of sp³-hybridized carbons (Fsp3) is 0.286. The average molecular weight is 255 g/mol. The van der Waals surface area contributed by atoms with Gasteiger partial charge in [-0.3, -0.25) is 4.68 Å². The lowest BCUT2D eigenvalue weighted by Gasteiger charge is -2.04. The minimum Gasteiger partial charge on any atom is -0.345 e. The van der Waals surface area contributed by atoms with E-state index in [-0.39, 0.29) is 0 Å². The molecule has 0 spiro atoms. The zero-order valence-electron chi connectivity index (χ0n) is 11.4. The number of imidazole rings is 1. The predicted molar refractivity (Wildman–Crippen MR) is 75.8 cm³/mol. The minimum absolute atomic E-state index is 0.784. The van der Waals surface area contributed by atoms with Crippen molar-refractivity contribution in [3.05, 3.63) is 35.8 Å². The quantitative estimate of drug-likeness (QED) is 0.752. The molecule has 3 aromatic rings. The maximum atomic E-state index is 4.57. The first kappa shape index (κ1) is 11.9. The number of aromatic amines is 1. The first-order chi connectivity index (χ1) is 9.20. The summed E-state index contributed by atoms with van der Waals surface area (Å²) in [6, 6.07) is 6.25. The van der Waals surface area contributed by atoms with Gasteiger partial charge < -0.3 is 10.3 Å². The van der Waals surface area contributed by atoms with Gasteiger partial charge >= 0.3 is 0 Å². The number of nitrogens with one attached hydrogen (secondary N) is 2. The van der Waals surface area contributed by atoms with Gasteiger partial charge in [-0.2, -0.15) is 5.10 Å². The molecule has 0 amide bonds. The third-order valence-electron chi connectivity index (χ3n) is 3.42. The van der Waals surface area contributed by atoms with Crippen molar-refractivity contribution in [3.8, 4) is 11.3 Å². The largest absolute Gasteiger partial charge is 0.345 e. The number of rotatable bonds is 3. The summed E-state index contributed by atoms with van der Waals surface area (Å²) in [4.78, 5) is 7.39. The van der Waals surface area contributed by atoms with Crippen molar-refractivity contribution < 1.29 is 0 Å². The molecular formula is C14H17N5. The molecule has 2 N–H and O–H groups in total. The molecule has 2 aromatic heterocycles. The minimum atomic E-state index is 0.784.